The van der Waals surface area contributed by atoms with Crippen molar-refractivity contribution in [3.63, 3.8) is 0 Å². The summed E-state index contributed by atoms with van der Waals surface area (Å²) in [5.74, 6) is 0.182. The van der Waals surface area contributed by atoms with Crippen LogP contribution in [0.5, 0.6) is 0 Å². The van der Waals surface area contributed by atoms with Gasteiger partial charge < -0.3 is 5.32 Å². The molecule has 9 heteroatoms. The van der Waals surface area contributed by atoms with E-state index in [2.05, 4.69) is 25.5 Å². The predicted octanol–water partition coefficient (Wildman–Crippen LogP) is 4.87. The number of carbonyl (C=O) groups excluding carboxylic acids is 1. The van der Waals surface area contributed by atoms with Crippen LogP contribution in [-0.2, 0) is 0 Å². The normalized spacial score (nSPS) is 10.8. The molecule has 0 saturated carbocycles. The van der Waals surface area contributed by atoms with Gasteiger partial charge in [0.2, 0.25) is 0 Å². The number of thiazole rings is 1. The first-order valence-corrected chi connectivity index (χ1v) is 9.67. The van der Waals surface area contributed by atoms with E-state index < -0.39 is 0 Å². The van der Waals surface area contributed by atoms with Crippen LogP contribution in [-0.4, -0.2) is 26.1 Å². The van der Waals surface area contributed by atoms with Gasteiger partial charge in [0.05, 0.1) is 14.9 Å². The minimum atomic E-state index is -0.300. The van der Waals surface area contributed by atoms with Crippen LogP contribution in [0.15, 0.2) is 42.0 Å². The number of hydrogen-bond donors (Lipinski definition) is 2. The molecule has 0 bridgehead atoms. The number of thiophene rings is 1. The molecule has 0 saturated heterocycles. The molecule has 0 aliphatic heterocycles. The summed E-state index contributed by atoms with van der Waals surface area (Å²) in [7, 11) is 0. The molecule has 0 aliphatic carbocycles. The number of hydrogen-bond acceptors (Lipinski definition) is 6. The maximum absolute atomic E-state index is 12.5. The van der Waals surface area contributed by atoms with Crippen molar-refractivity contribution >= 4 is 46.0 Å². The second-order valence-electron chi connectivity index (χ2n) is 5.40. The van der Waals surface area contributed by atoms with E-state index in [4.69, 9.17) is 11.6 Å². The number of carbonyl (C=O) groups is 1. The van der Waals surface area contributed by atoms with E-state index in [9.17, 15) is 4.79 Å². The van der Waals surface area contributed by atoms with Crippen LogP contribution in [0.4, 0.5) is 5.82 Å². The monoisotopic (exact) mass is 401 g/mol. The summed E-state index contributed by atoms with van der Waals surface area (Å²) in [4.78, 5) is 21.9. The molecule has 4 heterocycles. The quantitative estimate of drug-likeness (QED) is 0.511. The van der Waals surface area contributed by atoms with Crippen molar-refractivity contribution < 1.29 is 4.79 Å². The summed E-state index contributed by atoms with van der Waals surface area (Å²) in [6, 6.07) is 7.47. The number of nitrogens with one attached hydrogen (secondary N) is 2. The molecule has 4 rings (SSSR count). The highest BCUT2D eigenvalue weighted by Crippen LogP contribution is 2.33. The average molecular weight is 402 g/mol. The molecular formula is C17H12ClN5OS2. The molecule has 0 fully saturated rings. The maximum atomic E-state index is 12.5. The number of pyridine rings is 1. The highest BCUT2D eigenvalue weighted by atomic mass is 35.5. The number of anilines is 1. The largest absolute Gasteiger partial charge is 0.303 e. The zero-order chi connectivity index (χ0) is 18.1. The van der Waals surface area contributed by atoms with Crippen molar-refractivity contribution in [1.82, 2.24) is 20.2 Å². The summed E-state index contributed by atoms with van der Waals surface area (Å²) in [5, 5.41) is 12.5. The highest BCUT2D eigenvalue weighted by Gasteiger charge is 2.17. The van der Waals surface area contributed by atoms with Crippen molar-refractivity contribution in [1.29, 1.82) is 0 Å². The van der Waals surface area contributed by atoms with E-state index in [0.717, 1.165) is 26.7 Å². The summed E-state index contributed by atoms with van der Waals surface area (Å²) >= 11 is 8.80. The lowest BCUT2D eigenvalue weighted by Crippen LogP contribution is -2.13. The molecule has 4 aromatic heterocycles. The molecule has 0 aliphatic rings. The lowest BCUT2D eigenvalue weighted by Gasteiger charge is -2.01. The Morgan fingerprint density at radius 1 is 1.23 bits per heavy atom. The zero-order valence-electron chi connectivity index (χ0n) is 13.5. The summed E-state index contributed by atoms with van der Waals surface area (Å²) in [5.41, 5.74) is 3.00. The van der Waals surface area contributed by atoms with Crippen molar-refractivity contribution in [3.8, 4) is 21.1 Å². The van der Waals surface area contributed by atoms with Crippen molar-refractivity contribution in [2.24, 2.45) is 0 Å². The van der Waals surface area contributed by atoms with Gasteiger partial charge in [0.1, 0.15) is 10.7 Å². The van der Waals surface area contributed by atoms with E-state index in [1.165, 1.54) is 22.7 Å². The Labute approximate surface area is 161 Å². The first-order chi connectivity index (χ1) is 12.6. The lowest BCUT2D eigenvalue weighted by atomic mass is 10.1. The van der Waals surface area contributed by atoms with Crippen LogP contribution in [0.3, 0.4) is 0 Å². The van der Waals surface area contributed by atoms with Gasteiger partial charge in [-0.3, -0.25) is 14.9 Å². The highest BCUT2D eigenvalue weighted by molar-refractivity contribution is 7.23. The molecule has 1 amide bonds. The number of aromatic nitrogens is 4. The molecule has 4 aromatic rings. The lowest BCUT2D eigenvalue weighted by molar-refractivity contribution is 0.102. The fourth-order valence-corrected chi connectivity index (χ4v) is 4.33. The molecule has 26 heavy (non-hydrogen) atoms. The Hall–Kier alpha value is -2.55. The molecule has 0 atom stereocenters. The van der Waals surface area contributed by atoms with E-state index in [-0.39, 0.29) is 5.91 Å². The van der Waals surface area contributed by atoms with Gasteiger partial charge in [0, 0.05) is 28.9 Å². The predicted molar refractivity (Wildman–Crippen MR) is 105 cm³/mol. The van der Waals surface area contributed by atoms with Gasteiger partial charge in [-0.15, -0.1) is 22.7 Å². The van der Waals surface area contributed by atoms with Gasteiger partial charge in [-0.2, -0.15) is 5.10 Å². The van der Waals surface area contributed by atoms with E-state index >= 15 is 0 Å². The second kappa shape index (κ2) is 6.99. The smallest absolute Gasteiger partial charge is 0.276 e. The Morgan fingerprint density at radius 3 is 2.77 bits per heavy atom. The van der Waals surface area contributed by atoms with Crippen molar-refractivity contribution in [2.75, 3.05) is 5.32 Å². The summed E-state index contributed by atoms with van der Waals surface area (Å²) in [6.45, 7) is 1.90. The Bertz CT molecular complexity index is 1070. The van der Waals surface area contributed by atoms with Crippen LogP contribution in [0.25, 0.3) is 21.1 Å². The number of rotatable bonds is 4. The fraction of sp³-hybridized carbons (Fsp3) is 0.0588. The van der Waals surface area contributed by atoms with Gasteiger partial charge in [-0.05, 0) is 31.2 Å². The van der Waals surface area contributed by atoms with Gasteiger partial charge in [0.25, 0.3) is 5.91 Å². The first-order valence-electron chi connectivity index (χ1n) is 7.60. The van der Waals surface area contributed by atoms with E-state index in [0.29, 0.717) is 15.8 Å². The Kier molecular flexibility index (Phi) is 4.54. The van der Waals surface area contributed by atoms with Crippen LogP contribution in [0.2, 0.25) is 4.34 Å². The number of aromatic amines is 1. The third-order valence-electron chi connectivity index (χ3n) is 3.73. The molecule has 0 radical (unpaired) electrons. The van der Waals surface area contributed by atoms with Crippen LogP contribution < -0.4 is 5.32 Å². The summed E-state index contributed by atoms with van der Waals surface area (Å²) < 4.78 is 0.692. The van der Waals surface area contributed by atoms with E-state index in [1.54, 1.807) is 17.8 Å². The van der Waals surface area contributed by atoms with Gasteiger partial charge in [-0.25, -0.2) is 4.98 Å². The standard InChI is InChI=1S/C17H12ClN5OS2/c1-9-14(10-4-6-19-7-5-10)22-23-15(9)21-16(24)11-8-25-17(20-11)12-2-3-13(18)26-12/h2-8H,1H3,(H2,21,22,23,24). The molecule has 0 spiro atoms. The van der Waals surface area contributed by atoms with Crippen molar-refractivity contribution in [3.05, 3.63) is 57.6 Å². The molecule has 0 aromatic carbocycles. The maximum Gasteiger partial charge on any atom is 0.276 e. The fourth-order valence-electron chi connectivity index (χ4n) is 2.41. The van der Waals surface area contributed by atoms with Crippen molar-refractivity contribution in [2.45, 2.75) is 6.92 Å². The van der Waals surface area contributed by atoms with Gasteiger partial charge in [-0.1, -0.05) is 11.6 Å². The number of halogens is 1. The van der Waals surface area contributed by atoms with Crippen LogP contribution >= 0.6 is 34.3 Å². The first kappa shape index (κ1) is 16.9. The molecule has 0 unspecified atom stereocenters. The Balaban J connectivity index is 1.54. The summed E-state index contributed by atoms with van der Waals surface area (Å²) in [6.07, 6.45) is 3.42. The molecule has 130 valence electrons. The van der Waals surface area contributed by atoms with E-state index in [1.807, 2.05) is 31.2 Å². The van der Waals surface area contributed by atoms with Gasteiger partial charge >= 0.3 is 0 Å². The van der Waals surface area contributed by atoms with Crippen LogP contribution in [0.1, 0.15) is 16.1 Å². The van der Waals surface area contributed by atoms with Gasteiger partial charge in [0.15, 0.2) is 5.82 Å². The average Bonchev–Trinajstić information content (AvgIpc) is 3.37. The Morgan fingerprint density at radius 2 is 2.04 bits per heavy atom. The molecule has 6 nitrogen and oxygen atoms in total. The topological polar surface area (TPSA) is 83.6 Å². The van der Waals surface area contributed by atoms with Crippen LogP contribution in [0, 0.1) is 6.92 Å². The number of nitrogens with zero attached hydrogens (tertiary/aromatic N) is 3. The third kappa shape index (κ3) is 3.26. The number of amides is 1. The molecule has 2 N–H and O–H groups in total. The SMILES string of the molecule is Cc1c(NC(=O)c2csc(-c3ccc(Cl)s3)n2)n[nH]c1-c1ccncc1. The minimum Gasteiger partial charge on any atom is -0.303 e. The third-order valence-corrected chi connectivity index (χ3v) is 5.97. The number of H-pyrrole nitrogens is 1. The molecular weight excluding hydrogens is 390 g/mol. The second-order valence-corrected chi connectivity index (χ2v) is 7.98. The zero-order valence-corrected chi connectivity index (χ0v) is 15.9. The minimum absolute atomic E-state index is 0.300.